The number of aromatic nitrogens is 2. The van der Waals surface area contributed by atoms with Gasteiger partial charge in [-0.2, -0.15) is 0 Å². The van der Waals surface area contributed by atoms with Crippen LogP contribution in [0.1, 0.15) is 49.0 Å². The first kappa shape index (κ1) is 12.2. The summed E-state index contributed by atoms with van der Waals surface area (Å²) in [5, 5.41) is 9.44. The Hall–Kier alpha value is -0.870. The molecule has 0 aromatic carbocycles. The van der Waals surface area contributed by atoms with Gasteiger partial charge in [-0.25, -0.2) is 4.98 Å². The Morgan fingerprint density at radius 1 is 1.33 bits per heavy atom. The quantitative estimate of drug-likeness (QED) is 0.865. The van der Waals surface area contributed by atoms with Crippen LogP contribution in [0.15, 0.2) is 6.20 Å². The Kier molecular flexibility index (Phi) is 3.39. The van der Waals surface area contributed by atoms with E-state index in [9.17, 15) is 5.11 Å². The average Bonchev–Trinajstić information content (AvgIpc) is 2.82. The molecule has 1 saturated heterocycles. The number of likely N-dealkylation sites (tertiary alicyclic amines) is 1. The number of hydrogen-bond acceptors (Lipinski definition) is 3. The second kappa shape index (κ2) is 5.02. The van der Waals surface area contributed by atoms with Crippen molar-refractivity contribution in [1.82, 2.24) is 14.5 Å². The molecule has 1 aromatic heterocycles. The minimum atomic E-state index is 0.237. The number of likely N-dealkylation sites (N-methyl/N-ethyl adjacent to an activating group) is 1. The van der Waals surface area contributed by atoms with Crippen molar-refractivity contribution in [1.29, 1.82) is 0 Å². The Morgan fingerprint density at radius 2 is 2.17 bits per heavy atom. The molecular formula is C14H23N3O. The Bertz CT molecular complexity index is 415. The van der Waals surface area contributed by atoms with E-state index in [1.165, 1.54) is 31.5 Å². The summed E-state index contributed by atoms with van der Waals surface area (Å²) in [6, 6.07) is 0. The first-order valence-electron chi connectivity index (χ1n) is 7.14. The molecule has 2 atom stereocenters. The molecule has 1 aromatic rings. The van der Waals surface area contributed by atoms with Crippen LogP contribution < -0.4 is 0 Å². The summed E-state index contributed by atoms with van der Waals surface area (Å²) in [7, 11) is 2.19. The summed E-state index contributed by atoms with van der Waals surface area (Å²) in [5.74, 6) is 1.96. The van der Waals surface area contributed by atoms with Crippen molar-refractivity contribution >= 4 is 0 Å². The van der Waals surface area contributed by atoms with Crippen LogP contribution in [-0.2, 0) is 6.54 Å². The summed E-state index contributed by atoms with van der Waals surface area (Å²) in [6.07, 6.45) is 7.01. The smallest absolute Gasteiger partial charge is 0.114 e. The molecule has 2 aliphatic rings. The third-order valence-corrected chi connectivity index (χ3v) is 4.41. The zero-order valence-electron chi connectivity index (χ0n) is 11.2. The molecule has 100 valence electrons. The van der Waals surface area contributed by atoms with Crippen LogP contribution in [0.25, 0.3) is 0 Å². The van der Waals surface area contributed by atoms with Gasteiger partial charge in [0.05, 0.1) is 12.3 Å². The van der Waals surface area contributed by atoms with Crippen LogP contribution in [0, 0.1) is 0 Å². The molecular weight excluding hydrogens is 226 g/mol. The molecule has 0 radical (unpaired) electrons. The Morgan fingerprint density at radius 3 is 2.94 bits per heavy atom. The molecule has 1 N–H and O–H groups in total. The van der Waals surface area contributed by atoms with E-state index in [1.807, 2.05) is 0 Å². The second-order valence-corrected chi connectivity index (χ2v) is 5.84. The highest BCUT2D eigenvalue weighted by molar-refractivity contribution is 5.15. The minimum Gasteiger partial charge on any atom is -0.396 e. The van der Waals surface area contributed by atoms with Crippen LogP contribution in [0.5, 0.6) is 0 Å². The van der Waals surface area contributed by atoms with E-state index in [1.54, 1.807) is 0 Å². The van der Waals surface area contributed by atoms with E-state index >= 15 is 0 Å². The van der Waals surface area contributed by atoms with Crippen molar-refractivity contribution in [3.05, 3.63) is 17.7 Å². The third-order valence-electron chi connectivity index (χ3n) is 4.41. The van der Waals surface area contributed by atoms with Crippen molar-refractivity contribution in [2.24, 2.45) is 0 Å². The SMILES string of the molecule is CN1CCCC(c2cn3c(n2)C(CO)CCC3)C1. The summed E-state index contributed by atoms with van der Waals surface area (Å²) >= 11 is 0. The minimum absolute atomic E-state index is 0.237. The summed E-state index contributed by atoms with van der Waals surface area (Å²) in [4.78, 5) is 7.24. The van der Waals surface area contributed by atoms with Crippen molar-refractivity contribution < 1.29 is 5.11 Å². The molecule has 0 amide bonds. The molecule has 2 aliphatic heterocycles. The lowest BCUT2D eigenvalue weighted by Gasteiger charge is -2.28. The summed E-state index contributed by atoms with van der Waals surface area (Å²) < 4.78 is 2.27. The molecule has 4 nitrogen and oxygen atoms in total. The van der Waals surface area contributed by atoms with Gasteiger partial charge in [-0.15, -0.1) is 0 Å². The van der Waals surface area contributed by atoms with Gasteiger partial charge in [0.2, 0.25) is 0 Å². The number of fused-ring (bicyclic) bond motifs is 1. The lowest BCUT2D eigenvalue weighted by atomic mass is 9.96. The predicted octanol–water partition coefficient (Wildman–Crippen LogP) is 1.56. The fourth-order valence-electron chi connectivity index (χ4n) is 3.37. The zero-order valence-corrected chi connectivity index (χ0v) is 11.2. The van der Waals surface area contributed by atoms with Crippen molar-refractivity contribution in [3.63, 3.8) is 0 Å². The van der Waals surface area contributed by atoms with E-state index in [0.717, 1.165) is 25.3 Å². The van der Waals surface area contributed by atoms with Crippen molar-refractivity contribution in [3.8, 4) is 0 Å². The summed E-state index contributed by atoms with van der Waals surface area (Å²) in [5.41, 5.74) is 1.25. The van der Waals surface area contributed by atoms with E-state index in [2.05, 4.69) is 22.7 Å². The fourth-order valence-corrected chi connectivity index (χ4v) is 3.37. The normalized spacial score (nSPS) is 29.2. The highest BCUT2D eigenvalue weighted by Gasteiger charge is 2.26. The lowest BCUT2D eigenvalue weighted by molar-refractivity contribution is 0.237. The number of hydrogen-bond donors (Lipinski definition) is 1. The molecule has 2 unspecified atom stereocenters. The number of nitrogens with zero attached hydrogens (tertiary/aromatic N) is 3. The molecule has 1 fully saturated rings. The van der Waals surface area contributed by atoms with Crippen LogP contribution in [-0.4, -0.2) is 46.3 Å². The molecule has 0 aliphatic carbocycles. The first-order chi connectivity index (χ1) is 8.78. The number of rotatable bonds is 2. The van der Waals surface area contributed by atoms with Crippen LogP contribution >= 0.6 is 0 Å². The van der Waals surface area contributed by atoms with E-state index in [0.29, 0.717) is 5.92 Å². The number of aryl methyl sites for hydroxylation is 1. The first-order valence-corrected chi connectivity index (χ1v) is 7.14. The van der Waals surface area contributed by atoms with Gasteiger partial charge in [-0.1, -0.05) is 0 Å². The summed E-state index contributed by atoms with van der Waals surface area (Å²) in [6.45, 7) is 3.64. The molecule has 18 heavy (non-hydrogen) atoms. The van der Waals surface area contributed by atoms with Crippen LogP contribution in [0.3, 0.4) is 0 Å². The molecule has 3 heterocycles. The number of piperidine rings is 1. The van der Waals surface area contributed by atoms with Gasteiger partial charge in [-0.05, 0) is 39.3 Å². The van der Waals surface area contributed by atoms with Crippen molar-refractivity contribution in [2.45, 2.75) is 44.1 Å². The van der Waals surface area contributed by atoms with E-state index < -0.39 is 0 Å². The lowest BCUT2D eigenvalue weighted by Crippen LogP contribution is -2.30. The second-order valence-electron chi connectivity index (χ2n) is 5.84. The molecule has 0 saturated carbocycles. The maximum Gasteiger partial charge on any atom is 0.114 e. The van der Waals surface area contributed by atoms with Gasteiger partial charge in [-0.3, -0.25) is 0 Å². The largest absolute Gasteiger partial charge is 0.396 e. The maximum atomic E-state index is 9.44. The van der Waals surface area contributed by atoms with Crippen molar-refractivity contribution in [2.75, 3.05) is 26.7 Å². The zero-order chi connectivity index (χ0) is 12.5. The monoisotopic (exact) mass is 249 g/mol. The highest BCUT2D eigenvalue weighted by atomic mass is 16.3. The predicted molar refractivity (Wildman–Crippen MR) is 70.8 cm³/mol. The van der Waals surface area contributed by atoms with Gasteiger partial charge in [0.15, 0.2) is 0 Å². The van der Waals surface area contributed by atoms with Crippen LogP contribution in [0.4, 0.5) is 0 Å². The number of imidazole rings is 1. The topological polar surface area (TPSA) is 41.3 Å². The fraction of sp³-hybridized carbons (Fsp3) is 0.786. The van der Waals surface area contributed by atoms with Crippen LogP contribution in [0.2, 0.25) is 0 Å². The van der Waals surface area contributed by atoms with E-state index in [-0.39, 0.29) is 12.5 Å². The molecule has 0 spiro atoms. The van der Waals surface area contributed by atoms with Gasteiger partial charge < -0.3 is 14.6 Å². The Balaban J connectivity index is 1.83. The molecule has 0 bridgehead atoms. The number of aliphatic hydroxyl groups excluding tert-OH is 1. The average molecular weight is 249 g/mol. The van der Waals surface area contributed by atoms with Gasteiger partial charge in [0.25, 0.3) is 0 Å². The highest BCUT2D eigenvalue weighted by Crippen LogP contribution is 2.31. The standard InChI is InChI=1S/C14H23N3O/c1-16-6-2-4-11(8-16)13-9-17-7-3-5-12(10-18)14(17)15-13/h9,11-12,18H,2-8,10H2,1H3. The van der Waals surface area contributed by atoms with E-state index in [4.69, 9.17) is 4.98 Å². The molecule has 4 heteroatoms. The maximum absolute atomic E-state index is 9.44. The van der Waals surface area contributed by atoms with Gasteiger partial charge in [0, 0.05) is 31.1 Å². The van der Waals surface area contributed by atoms with Gasteiger partial charge in [0.1, 0.15) is 5.82 Å². The Labute approximate surface area is 109 Å². The number of aliphatic hydroxyl groups is 1. The third kappa shape index (κ3) is 2.19. The van der Waals surface area contributed by atoms with Gasteiger partial charge >= 0.3 is 0 Å². The molecule has 3 rings (SSSR count).